The molecule has 0 amide bonds. The van der Waals surface area contributed by atoms with Gasteiger partial charge >= 0.3 is 5.69 Å². The Hall–Kier alpha value is -2.04. The molecule has 5 heteroatoms. The maximum Gasteiger partial charge on any atom is 0.323 e. The fourth-order valence-corrected chi connectivity index (χ4v) is 2.69. The Morgan fingerprint density at radius 1 is 1.10 bits per heavy atom. The van der Waals surface area contributed by atoms with Crippen molar-refractivity contribution in [1.29, 1.82) is 0 Å². The molecule has 0 saturated heterocycles. The van der Waals surface area contributed by atoms with Gasteiger partial charge < -0.3 is 15.3 Å². The molecule has 2 aromatic carbocycles. The summed E-state index contributed by atoms with van der Waals surface area (Å²) in [4.78, 5) is 16.8. The van der Waals surface area contributed by atoms with Crippen molar-refractivity contribution in [3.8, 4) is 0 Å². The lowest BCUT2D eigenvalue weighted by Gasteiger charge is -2.18. The van der Waals surface area contributed by atoms with Crippen LogP contribution in [0.4, 0.5) is 0 Å². The number of benzene rings is 2. The van der Waals surface area contributed by atoms with Gasteiger partial charge in [0.15, 0.2) is 0 Å². The molecule has 1 aromatic heterocycles. The Balaban J connectivity index is 2.11. The molecule has 0 fully saturated rings. The molecule has 1 heterocycles. The fraction of sp³-hybridized carbons (Fsp3) is 0.133. The molecule has 0 aliphatic rings. The fourth-order valence-electron chi connectivity index (χ4n) is 2.44. The van der Waals surface area contributed by atoms with E-state index in [1.165, 1.54) is 0 Å². The Kier molecular flexibility index (Phi) is 3.34. The number of rotatable bonds is 3. The monoisotopic (exact) mass is 287 g/mol. The summed E-state index contributed by atoms with van der Waals surface area (Å²) in [6.07, 6.45) is 0. The van der Waals surface area contributed by atoms with Crippen LogP contribution in [0.1, 0.15) is 17.2 Å². The van der Waals surface area contributed by atoms with E-state index < -0.39 is 0 Å². The smallest absolute Gasteiger partial charge is 0.309 e. The van der Waals surface area contributed by atoms with Crippen LogP contribution in [-0.2, 0) is 0 Å². The molecule has 0 radical (unpaired) electrons. The van der Waals surface area contributed by atoms with Gasteiger partial charge in [0.2, 0.25) is 0 Å². The summed E-state index contributed by atoms with van der Waals surface area (Å²) < 4.78 is 0. The largest absolute Gasteiger partial charge is 0.323 e. The summed E-state index contributed by atoms with van der Waals surface area (Å²) in [6.45, 7) is 0. The minimum atomic E-state index is -0.198. The van der Waals surface area contributed by atoms with Crippen molar-refractivity contribution in [3.05, 3.63) is 69.1 Å². The van der Waals surface area contributed by atoms with Crippen molar-refractivity contribution in [2.75, 3.05) is 7.05 Å². The molecular formula is C15H14ClN3O. The summed E-state index contributed by atoms with van der Waals surface area (Å²) in [6, 6.07) is 13.5. The SMILES string of the molecule is CNC(c1ccc2[nH]c(=O)[nH]c2c1)c1ccccc1Cl. The van der Waals surface area contributed by atoms with E-state index >= 15 is 0 Å². The summed E-state index contributed by atoms with van der Waals surface area (Å²) in [7, 11) is 1.89. The van der Waals surface area contributed by atoms with Crippen molar-refractivity contribution in [3.63, 3.8) is 0 Å². The quantitative estimate of drug-likeness (QED) is 0.694. The molecule has 0 aliphatic heterocycles. The molecule has 20 heavy (non-hydrogen) atoms. The Morgan fingerprint density at radius 2 is 1.85 bits per heavy atom. The summed E-state index contributed by atoms with van der Waals surface area (Å²) in [5, 5.41) is 3.98. The van der Waals surface area contributed by atoms with Crippen LogP contribution in [0.15, 0.2) is 47.3 Å². The van der Waals surface area contributed by atoms with Crippen LogP contribution < -0.4 is 11.0 Å². The third-order valence-corrected chi connectivity index (χ3v) is 3.72. The molecule has 3 rings (SSSR count). The Labute approximate surface area is 120 Å². The van der Waals surface area contributed by atoms with Gasteiger partial charge in [-0.1, -0.05) is 35.9 Å². The highest BCUT2D eigenvalue weighted by molar-refractivity contribution is 6.31. The minimum Gasteiger partial charge on any atom is -0.309 e. The van der Waals surface area contributed by atoms with Crippen molar-refractivity contribution in [2.45, 2.75) is 6.04 Å². The standard InChI is InChI=1S/C15H14ClN3O/c1-17-14(10-4-2-3-5-11(10)16)9-6-7-12-13(8-9)19-15(20)18-12/h2-8,14,17H,1H3,(H2,18,19,20). The lowest BCUT2D eigenvalue weighted by molar-refractivity contribution is 0.693. The van der Waals surface area contributed by atoms with Crippen molar-refractivity contribution >= 4 is 22.6 Å². The van der Waals surface area contributed by atoms with Gasteiger partial charge in [-0.05, 0) is 36.4 Å². The van der Waals surface area contributed by atoms with E-state index in [-0.39, 0.29) is 11.7 Å². The van der Waals surface area contributed by atoms with E-state index in [2.05, 4.69) is 15.3 Å². The maximum atomic E-state index is 11.3. The Morgan fingerprint density at radius 3 is 2.60 bits per heavy atom. The number of imidazole rings is 1. The zero-order chi connectivity index (χ0) is 14.1. The van der Waals surface area contributed by atoms with Crippen LogP contribution >= 0.6 is 11.6 Å². The topological polar surface area (TPSA) is 60.7 Å². The second-order valence-electron chi connectivity index (χ2n) is 4.63. The normalized spacial score (nSPS) is 12.7. The summed E-state index contributed by atoms with van der Waals surface area (Å²) in [5.41, 5.74) is 3.45. The van der Waals surface area contributed by atoms with E-state index in [1.54, 1.807) is 0 Å². The summed E-state index contributed by atoms with van der Waals surface area (Å²) >= 11 is 6.27. The van der Waals surface area contributed by atoms with Gasteiger partial charge in [0.05, 0.1) is 17.1 Å². The van der Waals surface area contributed by atoms with Crippen LogP contribution in [0.25, 0.3) is 11.0 Å². The zero-order valence-corrected chi connectivity index (χ0v) is 11.7. The number of aromatic amines is 2. The van der Waals surface area contributed by atoms with Crippen LogP contribution in [0.2, 0.25) is 5.02 Å². The van der Waals surface area contributed by atoms with Gasteiger partial charge in [-0.25, -0.2) is 4.79 Å². The van der Waals surface area contributed by atoms with E-state index in [0.29, 0.717) is 0 Å². The molecule has 4 nitrogen and oxygen atoms in total. The molecule has 0 bridgehead atoms. The van der Waals surface area contributed by atoms with Crippen molar-refractivity contribution in [1.82, 2.24) is 15.3 Å². The number of hydrogen-bond acceptors (Lipinski definition) is 2. The number of H-pyrrole nitrogens is 2. The number of fused-ring (bicyclic) bond motifs is 1. The van der Waals surface area contributed by atoms with Crippen LogP contribution in [0, 0.1) is 0 Å². The Bertz CT molecular complexity index is 806. The number of nitrogens with one attached hydrogen (secondary N) is 3. The predicted molar refractivity (Wildman–Crippen MR) is 81.3 cm³/mol. The molecular weight excluding hydrogens is 274 g/mol. The molecule has 1 unspecified atom stereocenters. The number of hydrogen-bond donors (Lipinski definition) is 3. The molecule has 3 aromatic rings. The first kappa shape index (κ1) is 13.0. The van der Waals surface area contributed by atoms with Gasteiger partial charge in [0, 0.05) is 5.02 Å². The van der Waals surface area contributed by atoms with Crippen LogP contribution in [0.5, 0.6) is 0 Å². The van der Waals surface area contributed by atoms with Crippen molar-refractivity contribution < 1.29 is 0 Å². The maximum absolute atomic E-state index is 11.3. The van der Waals surface area contributed by atoms with Gasteiger partial charge in [-0.3, -0.25) is 0 Å². The molecule has 0 spiro atoms. The first-order chi connectivity index (χ1) is 9.69. The average molecular weight is 288 g/mol. The van der Waals surface area contributed by atoms with Gasteiger partial charge in [0.25, 0.3) is 0 Å². The van der Waals surface area contributed by atoms with Crippen LogP contribution in [-0.4, -0.2) is 17.0 Å². The molecule has 102 valence electrons. The van der Waals surface area contributed by atoms with E-state index in [0.717, 1.165) is 27.2 Å². The highest BCUT2D eigenvalue weighted by atomic mass is 35.5. The minimum absolute atomic E-state index is 0.0218. The van der Waals surface area contributed by atoms with Gasteiger partial charge in [-0.15, -0.1) is 0 Å². The highest BCUT2D eigenvalue weighted by Gasteiger charge is 2.15. The first-order valence-electron chi connectivity index (χ1n) is 6.32. The van der Waals surface area contributed by atoms with Gasteiger partial charge in [0.1, 0.15) is 0 Å². The van der Waals surface area contributed by atoms with E-state index in [9.17, 15) is 4.79 Å². The second-order valence-corrected chi connectivity index (χ2v) is 5.03. The summed E-state index contributed by atoms with van der Waals surface area (Å²) in [5.74, 6) is 0. The number of aromatic nitrogens is 2. The highest BCUT2D eigenvalue weighted by Crippen LogP contribution is 2.28. The third kappa shape index (κ3) is 2.24. The molecule has 0 aliphatic carbocycles. The molecule has 0 saturated carbocycles. The lowest BCUT2D eigenvalue weighted by atomic mass is 9.98. The van der Waals surface area contributed by atoms with E-state index in [1.807, 2.05) is 49.5 Å². The molecule has 1 atom stereocenters. The second kappa shape index (κ2) is 5.15. The van der Waals surface area contributed by atoms with E-state index in [4.69, 9.17) is 11.6 Å². The van der Waals surface area contributed by atoms with Gasteiger partial charge in [-0.2, -0.15) is 0 Å². The molecule has 3 N–H and O–H groups in total. The lowest BCUT2D eigenvalue weighted by Crippen LogP contribution is -2.18. The average Bonchev–Trinajstić information content (AvgIpc) is 2.81. The first-order valence-corrected chi connectivity index (χ1v) is 6.70. The number of halogens is 1. The predicted octanol–water partition coefficient (Wildman–Crippen LogP) is 2.82. The van der Waals surface area contributed by atoms with Crippen LogP contribution in [0.3, 0.4) is 0 Å². The third-order valence-electron chi connectivity index (χ3n) is 3.38. The zero-order valence-electron chi connectivity index (χ0n) is 10.9. The van der Waals surface area contributed by atoms with Crippen molar-refractivity contribution in [2.24, 2.45) is 0 Å².